The molecular formula is C45H55Cl2FN8O8. The third-order valence-corrected chi connectivity index (χ3v) is 12.3. The number of nitrogens with two attached hydrogens (primary N) is 1. The first-order valence-electron chi connectivity index (χ1n) is 21.7. The van der Waals surface area contributed by atoms with E-state index in [1.807, 2.05) is 27.9 Å². The number of carbonyl (C=O) groups excluding carboxylic acids is 3. The minimum atomic E-state index is -0.698. The number of halogens is 3. The summed E-state index contributed by atoms with van der Waals surface area (Å²) >= 11 is 12.5. The number of pyridine rings is 1. The van der Waals surface area contributed by atoms with Gasteiger partial charge in [-0.3, -0.25) is 29.3 Å². The molecule has 3 amide bonds. The average molecular weight is 926 g/mol. The molecule has 3 aliphatic heterocycles. The maximum atomic E-state index is 14.1. The molecule has 0 spiro atoms. The van der Waals surface area contributed by atoms with E-state index in [2.05, 4.69) is 31.7 Å². The van der Waals surface area contributed by atoms with Crippen LogP contribution >= 0.6 is 23.2 Å². The standard InChI is InChI=1S/C45H55Cl2FN8O8/c1-29(42-35(46)5-6-36(48)43(42)47)64-39-23-31(24-51-44(39)49)32-25-52-56(27-32)33-9-13-54(14-10-33)41(58)11-15-60-17-19-62-21-22-63-20-18-61-16-12-50-37-4-2-3-30-26-55(28-34(30)37)38-7-8-40(57)53-45(38)59/h2-6,23-25,27,29,33,38,50H,7-22,26,28H2,1H3,(H2,49,51)(H,53,57,59)/t29-,38?/m1/s1. The van der Waals surface area contributed by atoms with Crippen LogP contribution in [-0.4, -0.2) is 121 Å². The van der Waals surface area contributed by atoms with Crippen LogP contribution in [0.5, 0.6) is 5.75 Å². The fourth-order valence-corrected chi connectivity index (χ4v) is 8.82. The Labute approximate surface area is 381 Å². The number of nitrogen functional groups attached to an aromatic ring is 1. The summed E-state index contributed by atoms with van der Waals surface area (Å²) in [6.45, 7) is 8.36. The zero-order chi connectivity index (χ0) is 45.0. The van der Waals surface area contributed by atoms with E-state index in [0.717, 1.165) is 29.7 Å². The molecule has 344 valence electrons. The summed E-state index contributed by atoms with van der Waals surface area (Å²) in [6.07, 6.45) is 7.39. The number of anilines is 2. The number of hydrogen-bond acceptors (Lipinski definition) is 13. The van der Waals surface area contributed by atoms with E-state index < -0.39 is 11.9 Å². The molecule has 64 heavy (non-hydrogen) atoms. The molecule has 2 aromatic heterocycles. The first kappa shape index (κ1) is 47.1. The fourth-order valence-electron chi connectivity index (χ4n) is 8.14. The second-order valence-corrected chi connectivity index (χ2v) is 16.7. The van der Waals surface area contributed by atoms with Crippen LogP contribution in [0.3, 0.4) is 0 Å². The van der Waals surface area contributed by atoms with Crippen LogP contribution in [0.25, 0.3) is 11.1 Å². The minimum absolute atomic E-state index is 0.0596. The minimum Gasteiger partial charge on any atom is -0.482 e. The van der Waals surface area contributed by atoms with Crippen LogP contribution in [0.1, 0.15) is 67.9 Å². The lowest BCUT2D eigenvalue weighted by molar-refractivity contribution is -0.138. The fraction of sp³-hybridized carbons (Fsp3) is 0.489. The van der Waals surface area contributed by atoms with Crippen molar-refractivity contribution in [1.29, 1.82) is 0 Å². The third-order valence-electron chi connectivity index (χ3n) is 11.6. The molecule has 16 nitrogen and oxygen atoms in total. The molecular weight excluding hydrogens is 870 g/mol. The van der Waals surface area contributed by atoms with Crippen molar-refractivity contribution >= 4 is 52.4 Å². The van der Waals surface area contributed by atoms with Crippen LogP contribution in [0, 0.1) is 5.82 Å². The van der Waals surface area contributed by atoms with E-state index >= 15 is 0 Å². The number of likely N-dealkylation sites (tertiary alicyclic amines) is 1. The number of amides is 3. The summed E-state index contributed by atoms with van der Waals surface area (Å²) in [4.78, 5) is 45.1. The summed E-state index contributed by atoms with van der Waals surface area (Å²) < 4.78 is 44.7. The summed E-state index contributed by atoms with van der Waals surface area (Å²) in [5.74, 6) is -0.472. The van der Waals surface area contributed by atoms with Crippen molar-refractivity contribution in [3.05, 3.63) is 87.5 Å². The highest BCUT2D eigenvalue weighted by Crippen LogP contribution is 2.37. The molecule has 2 atom stereocenters. The van der Waals surface area contributed by atoms with Gasteiger partial charge in [-0.25, -0.2) is 9.37 Å². The molecule has 1 unspecified atom stereocenters. The summed E-state index contributed by atoms with van der Waals surface area (Å²) in [7, 11) is 0. The molecule has 2 aromatic carbocycles. The number of ether oxygens (including phenoxy) is 5. The van der Waals surface area contributed by atoms with Gasteiger partial charge in [0.15, 0.2) is 11.6 Å². The van der Waals surface area contributed by atoms with E-state index in [1.165, 1.54) is 23.3 Å². The van der Waals surface area contributed by atoms with Crippen LogP contribution in [0.15, 0.2) is 55.0 Å². The van der Waals surface area contributed by atoms with Gasteiger partial charge in [0.1, 0.15) is 11.9 Å². The monoisotopic (exact) mass is 924 g/mol. The molecule has 0 saturated carbocycles. The molecule has 7 rings (SSSR count). The number of benzene rings is 2. The number of rotatable bonds is 22. The van der Waals surface area contributed by atoms with Gasteiger partial charge in [0.05, 0.1) is 82.6 Å². The lowest BCUT2D eigenvalue weighted by atomic mass is 10.0. The number of fused-ring (bicyclic) bond motifs is 1. The predicted octanol–water partition coefficient (Wildman–Crippen LogP) is 5.97. The van der Waals surface area contributed by atoms with Crippen molar-refractivity contribution in [2.75, 3.05) is 83.5 Å². The Morgan fingerprint density at radius 3 is 2.39 bits per heavy atom. The van der Waals surface area contributed by atoms with E-state index in [1.54, 1.807) is 25.4 Å². The Hall–Kier alpha value is -4.88. The number of imide groups is 1. The number of aromatic nitrogens is 3. The Balaban J connectivity index is 0.698. The van der Waals surface area contributed by atoms with Crippen LogP contribution < -0.4 is 21.1 Å². The normalized spacial score (nSPS) is 17.4. The van der Waals surface area contributed by atoms with Gasteiger partial charge in [-0.05, 0) is 61.6 Å². The topological polar surface area (TPSA) is 185 Å². The van der Waals surface area contributed by atoms with E-state index in [9.17, 15) is 18.8 Å². The molecule has 2 fully saturated rings. The van der Waals surface area contributed by atoms with Gasteiger partial charge in [0.2, 0.25) is 17.7 Å². The maximum Gasteiger partial charge on any atom is 0.243 e. The first-order valence-corrected chi connectivity index (χ1v) is 22.4. The Morgan fingerprint density at radius 1 is 0.938 bits per heavy atom. The average Bonchev–Trinajstić information content (AvgIpc) is 3.96. The Morgan fingerprint density at radius 2 is 1.66 bits per heavy atom. The molecule has 5 heterocycles. The lowest BCUT2D eigenvalue weighted by Gasteiger charge is -2.32. The number of carbonyl (C=O) groups is 3. The largest absolute Gasteiger partial charge is 0.482 e. The van der Waals surface area contributed by atoms with Crippen molar-refractivity contribution in [2.45, 2.75) is 70.3 Å². The van der Waals surface area contributed by atoms with Gasteiger partial charge in [0.25, 0.3) is 0 Å². The second-order valence-electron chi connectivity index (χ2n) is 15.9. The van der Waals surface area contributed by atoms with E-state index in [-0.39, 0.29) is 45.7 Å². The van der Waals surface area contributed by atoms with Crippen LogP contribution in [0.2, 0.25) is 10.0 Å². The third kappa shape index (κ3) is 12.3. The molecule has 19 heteroatoms. The van der Waals surface area contributed by atoms with Crippen molar-refractivity contribution in [1.82, 2.24) is 29.9 Å². The Kier molecular flexibility index (Phi) is 16.8. The second kappa shape index (κ2) is 22.8. The van der Waals surface area contributed by atoms with E-state index in [4.69, 9.17) is 52.6 Å². The van der Waals surface area contributed by atoms with Crippen LogP contribution in [-0.2, 0) is 46.4 Å². The first-order chi connectivity index (χ1) is 31.0. The van der Waals surface area contributed by atoms with Crippen molar-refractivity contribution in [3.8, 4) is 16.9 Å². The molecule has 2 saturated heterocycles. The summed E-state index contributed by atoms with van der Waals surface area (Å²) in [6, 6.07) is 10.4. The number of piperidine rings is 2. The molecule has 4 aromatic rings. The van der Waals surface area contributed by atoms with Gasteiger partial charge in [-0.15, -0.1) is 0 Å². The van der Waals surface area contributed by atoms with Gasteiger partial charge in [-0.2, -0.15) is 5.10 Å². The summed E-state index contributed by atoms with van der Waals surface area (Å²) in [5.41, 5.74) is 11.4. The summed E-state index contributed by atoms with van der Waals surface area (Å²) in [5, 5.41) is 10.7. The molecule has 4 N–H and O–H groups in total. The van der Waals surface area contributed by atoms with Crippen LogP contribution in [0.4, 0.5) is 15.9 Å². The van der Waals surface area contributed by atoms with Gasteiger partial charge in [-0.1, -0.05) is 35.3 Å². The Bertz CT molecular complexity index is 2240. The van der Waals surface area contributed by atoms with Crippen molar-refractivity contribution in [2.24, 2.45) is 0 Å². The highest BCUT2D eigenvalue weighted by molar-refractivity contribution is 6.36. The number of hydrogen-bond donors (Lipinski definition) is 3. The van der Waals surface area contributed by atoms with Gasteiger partial charge >= 0.3 is 0 Å². The predicted molar refractivity (Wildman–Crippen MR) is 238 cm³/mol. The molecule has 0 radical (unpaired) electrons. The smallest absolute Gasteiger partial charge is 0.243 e. The SMILES string of the molecule is C[C@@H](Oc1cc(-c2cnn(C3CCN(C(=O)CCOCCOCCOCCOCCNc4cccc5c4CN(C4CCC(=O)NC4=O)C5)CC3)c2)cnc1N)c1c(Cl)ccc(F)c1Cl. The zero-order valence-corrected chi connectivity index (χ0v) is 37.4. The molecule has 3 aliphatic rings. The highest BCUT2D eigenvalue weighted by atomic mass is 35.5. The van der Waals surface area contributed by atoms with E-state index in [0.29, 0.717) is 116 Å². The van der Waals surface area contributed by atoms with Gasteiger partial charge < -0.3 is 39.6 Å². The number of nitrogens with zero attached hydrogens (tertiary/aromatic N) is 5. The maximum absolute atomic E-state index is 14.1. The molecule has 0 bridgehead atoms. The van der Waals surface area contributed by atoms with Crippen molar-refractivity contribution < 1.29 is 42.5 Å². The number of nitrogens with one attached hydrogen (secondary N) is 2. The molecule has 0 aliphatic carbocycles. The highest BCUT2D eigenvalue weighted by Gasteiger charge is 2.35. The van der Waals surface area contributed by atoms with Crippen molar-refractivity contribution in [3.63, 3.8) is 0 Å². The zero-order valence-electron chi connectivity index (χ0n) is 35.9. The van der Waals surface area contributed by atoms with Gasteiger partial charge in [0, 0.05) is 78.9 Å². The lowest BCUT2D eigenvalue weighted by Crippen LogP contribution is -2.50. The quantitative estimate of drug-likeness (QED) is 0.0477.